The number of carbonyl (C=O) groups is 1. The molecule has 0 bridgehead atoms. The highest BCUT2D eigenvalue weighted by atomic mass is 16.6. The third-order valence-electron chi connectivity index (χ3n) is 3.44. The van der Waals surface area contributed by atoms with Crippen molar-refractivity contribution < 1.29 is 14.3 Å². The number of ether oxygens (including phenoxy) is 2. The Morgan fingerprint density at radius 3 is 2.38 bits per heavy atom. The van der Waals surface area contributed by atoms with Crippen LogP contribution in [0.4, 0.5) is 4.79 Å². The van der Waals surface area contributed by atoms with E-state index in [-0.39, 0.29) is 12.7 Å². The van der Waals surface area contributed by atoms with Gasteiger partial charge >= 0.3 is 6.09 Å². The molecule has 2 rings (SSSR count). The van der Waals surface area contributed by atoms with Gasteiger partial charge in [-0.2, -0.15) is 5.26 Å². The molecule has 0 saturated heterocycles. The first kappa shape index (κ1) is 17.5. The van der Waals surface area contributed by atoms with Crippen LogP contribution in [0.25, 0.3) is 0 Å². The summed E-state index contributed by atoms with van der Waals surface area (Å²) in [4.78, 5) is 13.4. The van der Waals surface area contributed by atoms with Crippen LogP contribution in [0.2, 0.25) is 0 Å². The summed E-state index contributed by atoms with van der Waals surface area (Å²) in [6.07, 6.45) is -0.374. The summed E-state index contributed by atoms with van der Waals surface area (Å²) in [5.41, 5.74) is 2.57. The van der Waals surface area contributed by atoms with Crippen LogP contribution in [0, 0.1) is 11.3 Å². The Balaban J connectivity index is 1.64. The van der Waals surface area contributed by atoms with E-state index in [2.05, 4.69) is 6.07 Å². The number of nitrogens with zero attached hydrogens (tertiary/aromatic N) is 2. The first-order chi connectivity index (χ1) is 11.7. The Bertz CT molecular complexity index is 678. The minimum absolute atomic E-state index is 0.260. The standard InChI is InChI=1S/C19H20N2O3/c1-21(19(22)24-15-17-5-3-2-4-6-17)11-12-23-14-18-9-7-16(13-20)8-10-18/h2-10H,11-12,14-15H2,1H3. The normalized spacial score (nSPS) is 10.0. The smallest absolute Gasteiger partial charge is 0.409 e. The first-order valence-corrected chi connectivity index (χ1v) is 7.67. The second kappa shape index (κ2) is 9.33. The highest BCUT2D eigenvalue weighted by molar-refractivity contribution is 5.67. The van der Waals surface area contributed by atoms with Crippen LogP contribution >= 0.6 is 0 Å². The minimum Gasteiger partial charge on any atom is -0.445 e. The van der Waals surface area contributed by atoms with E-state index in [9.17, 15) is 4.79 Å². The Kier molecular flexibility index (Phi) is 6.81. The fourth-order valence-corrected chi connectivity index (χ4v) is 1.99. The molecule has 0 aliphatic carbocycles. The van der Waals surface area contributed by atoms with Crippen molar-refractivity contribution in [1.29, 1.82) is 5.26 Å². The van der Waals surface area contributed by atoms with E-state index in [1.165, 1.54) is 4.90 Å². The molecule has 0 radical (unpaired) electrons. The summed E-state index contributed by atoms with van der Waals surface area (Å²) >= 11 is 0. The number of nitriles is 1. The fourth-order valence-electron chi connectivity index (χ4n) is 1.99. The molecule has 2 aromatic carbocycles. The lowest BCUT2D eigenvalue weighted by atomic mass is 10.2. The monoisotopic (exact) mass is 324 g/mol. The number of rotatable bonds is 7. The first-order valence-electron chi connectivity index (χ1n) is 7.67. The van der Waals surface area contributed by atoms with Crippen molar-refractivity contribution in [2.45, 2.75) is 13.2 Å². The summed E-state index contributed by atoms with van der Waals surface area (Å²) < 4.78 is 10.8. The van der Waals surface area contributed by atoms with Crippen LogP contribution in [-0.4, -0.2) is 31.2 Å². The van der Waals surface area contributed by atoms with Crippen molar-refractivity contribution >= 4 is 6.09 Å². The molecule has 0 atom stereocenters. The van der Waals surface area contributed by atoms with Gasteiger partial charge in [0.1, 0.15) is 6.61 Å². The van der Waals surface area contributed by atoms with Gasteiger partial charge in [0.25, 0.3) is 0 Å². The van der Waals surface area contributed by atoms with E-state index in [4.69, 9.17) is 14.7 Å². The van der Waals surface area contributed by atoms with Gasteiger partial charge in [0.05, 0.1) is 24.8 Å². The number of likely N-dealkylation sites (N-methyl/N-ethyl adjacent to an activating group) is 1. The van der Waals surface area contributed by atoms with Crippen molar-refractivity contribution in [3.63, 3.8) is 0 Å². The van der Waals surface area contributed by atoms with Crippen molar-refractivity contribution in [3.05, 3.63) is 71.3 Å². The number of hydrogen-bond acceptors (Lipinski definition) is 4. The molecular formula is C19H20N2O3. The van der Waals surface area contributed by atoms with Crippen molar-refractivity contribution in [2.75, 3.05) is 20.2 Å². The highest BCUT2D eigenvalue weighted by Gasteiger charge is 2.09. The lowest BCUT2D eigenvalue weighted by molar-refractivity contribution is 0.0749. The molecule has 0 aromatic heterocycles. The van der Waals surface area contributed by atoms with Crippen LogP contribution in [0.15, 0.2) is 54.6 Å². The summed E-state index contributed by atoms with van der Waals surface area (Å²) in [6.45, 7) is 1.57. The molecule has 5 nitrogen and oxygen atoms in total. The third-order valence-corrected chi connectivity index (χ3v) is 3.44. The topological polar surface area (TPSA) is 62.6 Å². The van der Waals surface area contributed by atoms with E-state index in [0.717, 1.165) is 11.1 Å². The van der Waals surface area contributed by atoms with Crippen molar-refractivity contribution in [3.8, 4) is 6.07 Å². The molecule has 5 heteroatoms. The van der Waals surface area contributed by atoms with Gasteiger partial charge in [-0.15, -0.1) is 0 Å². The summed E-state index contributed by atoms with van der Waals surface area (Å²) in [5, 5.41) is 8.74. The number of hydrogen-bond donors (Lipinski definition) is 0. The molecule has 0 heterocycles. The zero-order valence-electron chi connectivity index (χ0n) is 13.6. The average molecular weight is 324 g/mol. The van der Waals surface area contributed by atoms with Crippen LogP contribution in [-0.2, 0) is 22.7 Å². The van der Waals surface area contributed by atoms with Gasteiger partial charge in [-0.3, -0.25) is 0 Å². The minimum atomic E-state index is -0.374. The Hall–Kier alpha value is -2.84. The molecule has 0 unspecified atom stereocenters. The average Bonchev–Trinajstić information content (AvgIpc) is 2.64. The van der Waals surface area contributed by atoms with Gasteiger partial charge in [-0.1, -0.05) is 42.5 Å². The molecule has 0 fully saturated rings. The molecule has 0 N–H and O–H groups in total. The summed E-state index contributed by atoms with van der Waals surface area (Å²) in [5.74, 6) is 0. The third kappa shape index (κ3) is 5.75. The molecule has 24 heavy (non-hydrogen) atoms. The molecule has 0 spiro atoms. The lowest BCUT2D eigenvalue weighted by Gasteiger charge is -2.17. The predicted molar refractivity (Wildman–Crippen MR) is 90.1 cm³/mol. The van der Waals surface area contributed by atoms with Gasteiger partial charge in [0, 0.05) is 13.6 Å². The number of benzene rings is 2. The quantitative estimate of drug-likeness (QED) is 0.733. The van der Waals surface area contributed by atoms with E-state index in [1.807, 2.05) is 42.5 Å². The number of amides is 1. The second-order valence-corrected chi connectivity index (χ2v) is 5.32. The van der Waals surface area contributed by atoms with Gasteiger partial charge in [-0.05, 0) is 23.3 Å². The Morgan fingerprint density at radius 1 is 1.04 bits per heavy atom. The lowest BCUT2D eigenvalue weighted by Crippen LogP contribution is -2.30. The second-order valence-electron chi connectivity index (χ2n) is 5.32. The maximum atomic E-state index is 11.9. The largest absolute Gasteiger partial charge is 0.445 e. The maximum absolute atomic E-state index is 11.9. The molecule has 1 amide bonds. The molecule has 2 aromatic rings. The van der Waals surface area contributed by atoms with E-state index in [1.54, 1.807) is 19.2 Å². The van der Waals surface area contributed by atoms with Gasteiger partial charge < -0.3 is 14.4 Å². The van der Waals surface area contributed by atoms with Crippen molar-refractivity contribution in [2.24, 2.45) is 0 Å². The molecule has 124 valence electrons. The zero-order valence-corrected chi connectivity index (χ0v) is 13.6. The number of carbonyl (C=O) groups excluding carboxylic acids is 1. The van der Waals surface area contributed by atoms with Crippen LogP contribution in [0.1, 0.15) is 16.7 Å². The highest BCUT2D eigenvalue weighted by Crippen LogP contribution is 2.05. The Morgan fingerprint density at radius 2 is 1.71 bits per heavy atom. The van der Waals surface area contributed by atoms with Crippen molar-refractivity contribution in [1.82, 2.24) is 4.90 Å². The summed E-state index contributed by atoms with van der Waals surface area (Å²) in [7, 11) is 1.68. The molecule has 0 aliphatic rings. The zero-order chi connectivity index (χ0) is 17.2. The van der Waals surface area contributed by atoms with Gasteiger partial charge in [0.15, 0.2) is 0 Å². The Labute approximate surface area is 142 Å². The van der Waals surface area contributed by atoms with E-state index in [0.29, 0.717) is 25.3 Å². The van der Waals surface area contributed by atoms with Gasteiger partial charge in [0.2, 0.25) is 0 Å². The van der Waals surface area contributed by atoms with Crippen LogP contribution in [0.3, 0.4) is 0 Å². The van der Waals surface area contributed by atoms with Crippen LogP contribution in [0.5, 0.6) is 0 Å². The van der Waals surface area contributed by atoms with Gasteiger partial charge in [-0.25, -0.2) is 4.79 Å². The molecule has 0 aliphatic heterocycles. The van der Waals surface area contributed by atoms with E-state index >= 15 is 0 Å². The molecular weight excluding hydrogens is 304 g/mol. The SMILES string of the molecule is CN(CCOCc1ccc(C#N)cc1)C(=O)OCc1ccccc1. The molecule has 0 saturated carbocycles. The van der Waals surface area contributed by atoms with E-state index < -0.39 is 0 Å². The fraction of sp³-hybridized carbons (Fsp3) is 0.263. The predicted octanol–water partition coefficient (Wildman–Crippen LogP) is 3.34. The summed E-state index contributed by atoms with van der Waals surface area (Å²) in [6, 6.07) is 18.9. The maximum Gasteiger partial charge on any atom is 0.409 e. The van der Waals surface area contributed by atoms with Crippen LogP contribution < -0.4 is 0 Å².